The predicted molar refractivity (Wildman–Crippen MR) is 73.2 cm³/mol. The zero-order chi connectivity index (χ0) is 13.8. The summed E-state index contributed by atoms with van der Waals surface area (Å²) < 4.78 is 6.81. The van der Waals surface area contributed by atoms with Crippen LogP contribution < -0.4 is 0 Å². The summed E-state index contributed by atoms with van der Waals surface area (Å²) in [6.45, 7) is 6.77. The first kappa shape index (κ1) is 13.3. The van der Waals surface area contributed by atoms with Gasteiger partial charge in [0.2, 0.25) is 0 Å². The standard InChI is InChI=1S/C15H18N2O2/c1-4-19-15(18)14-9-16-17(12(14)3)10-13-7-5-11(2)6-8-13/h5-9H,4,10H2,1-3H3. The lowest BCUT2D eigenvalue weighted by Crippen LogP contribution is -2.08. The SMILES string of the molecule is CCOC(=O)c1cnn(Cc2ccc(C)cc2)c1C. The second-order valence-corrected chi connectivity index (χ2v) is 4.51. The summed E-state index contributed by atoms with van der Waals surface area (Å²) in [7, 11) is 0. The van der Waals surface area contributed by atoms with Gasteiger partial charge in [0.05, 0.1) is 25.0 Å². The van der Waals surface area contributed by atoms with E-state index in [1.165, 1.54) is 5.56 Å². The third-order valence-electron chi connectivity index (χ3n) is 3.05. The van der Waals surface area contributed by atoms with Crippen LogP contribution in [0.1, 0.15) is 34.1 Å². The fourth-order valence-electron chi connectivity index (χ4n) is 1.88. The molecule has 0 aliphatic heterocycles. The number of rotatable bonds is 4. The quantitative estimate of drug-likeness (QED) is 0.792. The number of carbonyl (C=O) groups is 1. The molecule has 0 unspecified atom stereocenters. The van der Waals surface area contributed by atoms with E-state index in [2.05, 4.69) is 36.3 Å². The molecule has 0 fully saturated rings. The van der Waals surface area contributed by atoms with Crippen LogP contribution in [0.4, 0.5) is 0 Å². The molecule has 0 radical (unpaired) electrons. The number of ether oxygens (including phenoxy) is 1. The van der Waals surface area contributed by atoms with Crippen LogP contribution in [0, 0.1) is 13.8 Å². The Kier molecular flexibility index (Phi) is 4.00. The van der Waals surface area contributed by atoms with Gasteiger partial charge >= 0.3 is 5.97 Å². The van der Waals surface area contributed by atoms with E-state index in [4.69, 9.17) is 4.74 Å². The molecule has 0 N–H and O–H groups in total. The van der Waals surface area contributed by atoms with Crippen molar-refractivity contribution in [2.45, 2.75) is 27.3 Å². The van der Waals surface area contributed by atoms with Gasteiger partial charge in [0.1, 0.15) is 5.56 Å². The van der Waals surface area contributed by atoms with Crippen LogP contribution in [-0.4, -0.2) is 22.4 Å². The van der Waals surface area contributed by atoms with Crippen molar-refractivity contribution in [1.82, 2.24) is 9.78 Å². The van der Waals surface area contributed by atoms with E-state index in [-0.39, 0.29) is 5.97 Å². The van der Waals surface area contributed by atoms with Gasteiger partial charge in [0.15, 0.2) is 0 Å². The maximum atomic E-state index is 11.7. The molecule has 0 saturated carbocycles. The Hall–Kier alpha value is -2.10. The van der Waals surface area contributed by atoms with Crippen LogP contribution in [0.2, 0.25) is 0 Å². The molecular formula is C15H18N2O2. The van der Waals surface area contributed by atoms with Crippen LogP contribution in [0.5, 0.6) is 0 Å². The zero-order valence-electron chi connectivity index (χ0n) is 11.5. The number of benzene rings is 1. The van der Waals surface area contributed by atoms with Crippen molar-refractivity contribution in [2.24, 2.45) is 0 Å². The van der Waals surface area contributed by atoms with E-state index >= 15 is 0 Å². The average molecular weight is 258 g/mol. The highest BCUT2D eigenvalue weighted by molar-refractivity contribution is 5.90. The van der Waals surface area contributed by atoms with Crippen molar-refractivity contribution in [2.75, 3.05) is 6.61 Å². The van der Waals surface area contributed by atoms with E-state index in [1.807, 2.05) is 11.6 Å². The minimum Gasteiger partial charge on any atom is -0.462 e. The first-order valence-electron chi connectivity index (χ1n) is 6.37. The number of aromatic nitrogens is 2. The lowest BCUT2D eigenvalue weighted by Gasteiger charge is -2.06. The Labute approximate surface area is 113 Å². The Balaban J connectivity index is 2.18. The molecule has 2 aromatic rings. The van der Waals surface area contributed by atoms with Crippen LogP contribution in [0.3, 0.4) is 0 Å². The third-order valence-corrected chi connectivity index (χ3v) is 3.05. The van der Waals surface area contributed by atoms with E-state index in [0.717, 1.165) is 11.3 Å². The van der Waals surface area contributed by atoms with Gasteiger partial charge in [0, 0.05) is 0 Å². The lowest BCUT2D eigenvalue weighted by molar-refractivity contribution is 0.0525. The predicted octanol–water partition coefficient (Wildman–Crippen LogP) is 2.72. The van der Waals surface area contributed by atoms with Crippen molar-refractivity contribution in [3.05, 3.63) is 52.8 Å². The van der Waals surface area contributed by atoms with E-state index in [1.54, 1.807) is 13.1 Å². The number of aryl methyl sites for hydroxylation is 1. The summed E-state index contributed by atoms with van der Waals surface area (Å²) in [5, 5.41) is 4.25. The third kappa shape index (κ3) is 3.02. The van der Waals surface area contributed by atoms with E-state index in [0.29, 0.717) is 18.7 Å². The van der Waals surface area contributed by atoms with Gasteiger partial charge in [-0.15, -0.1) is 0 Å². The molecule has 1 aromatic carbocycles. The minimum atomic E-state index is -0.310. The molecule has 19 heavy (non-hydrogen) atoms. The van der Waals surface area contributed by atoms with Gasteiger partial charge in [0.25, 0.3) is 0 Å². The van der Waals surface area contributed by atoms with Gasteiger partial charge in [-0.1, -0.05) is 29.8 Å². The van der Waals surface area contributed by atoms with Crippen molar-refractivity contribution in [3.8, 4) is 0 Å². The molecule has 2 rings (SSSR count). The van der Waals surface area contributed by atoms with E-state index in [9.17, 15) is 4.79 Å². The fourth-order valence-corrected chi connectivity index (χ4v) is 1.88. The summed E-state index contributed by atoms with van der Waals surface area (Å²) in [5.74, 6) is -0.310. The van der Waals surface area contributed by atoms with Crippen molar-refractivity contribution < 1.29 is 9.53 Å². The van der Waals surface area contributed by atoms with Crippen molar-refractivity contribution >= 4 is 5.97 Å². The zero-order valence-corrected chi connectivity index (χ0v) is 11.5. The number of hydrogen-bond acceptors (Lipinski definition) is 3. The van der Waals surface area contributed by atoms with Crippen LogP contribution in [0.15, 0.2) is 30.5 Å². The Bertz CT molecular complexity index is 570. The summed E-state index contributed by atoms with van der Waals surface area (Å²) >= 11 is 0. The fraction of sp³-hybridized carbons (Fsp3) is 0.333. The van der Waals surface area contributed by atoms with Gasteiger partial charge in [-0.2, -0.15) is 5.10 Å². The largest absolute Gasteiger partial charge is 0.462 e. The van der Waals surface area contributed by atoms with Gasteiger partial charge in [-0.05, 0) is 26.3 Å². The lowest BCUT2D eigenvalue weighted by atomic mass is 10.1. The normalized spacial score (nSPS) is 10.5. The number of hydrogen-bond donors (Lipinski definition) is 0. The molecule has 0 saturated heterocycles. The smallest absolute Gasteiger partial charge is 0.341 e. The molecule has 0 atom stereocenters. The maximum absolute atomic E-state index is 11.7. The molecule has 0 spiro atoms. The monoisotopic (exact) mass is 258 g/mol. The average Bonchev–Trinajstić information content (AvgIpc) is 2.74. The second-order valence-electron chi connectivity index (χ2n) is 4.51. The summed E-state index contributed by atoms with van der Waals surface area (Å²) in [4.78, 5) is 11.7. The van der Waals surface area contributed by atoms with E-state index < -0.39 is 0 Å². The number of nitrogens with zero attached hydrogens (tertiary/aromatic N) is 2. The Morgan fingerprint density at radius 3 is 2.58 bits per heavy atom. The first-order valence-corrected chi connectivity index (χ1v) is 6.37. The molecule has 0 aliphatic rings. The minimum absolute atomic E-state index is 0.310. The molecule has 4 nitrogen and oxygen atoms in total. The molecule has 1 heterocycles. The molecule has 4 heteroatoms. The molecule has 0 amide bonds. The summed E-state index contributed by atoms with van der Waals surface area (Å²) in [6, 6.07) is 8.28. The Morgan fingerprint density at radius 2 is 1.95 bits per heavy atom. The topological polar surface area (TPSA) is 44.1 Å². The number of carbonyl (C=O) groups excluding carboxylic acids is 1. The molecule has 0 aliphatic carbocycles. The first-order chi connectivity index (χ1) is 9.11. The molecule has 0 bridgehead atoms. The highest BCUT2D eigenvalue weighted by Crippen LogP contribution is 2.12. The van der Waals surface area contributed by atoms with Crippen LogP contribution in [-0.2, 0) is 11.3 Å². The molecule has 100 valence electrons. The summed E-state index contributed by atoms with van der Waals surface area (Å²) in [6.07, 6.45) is 1.57. The van der Waals surface area contributed by atoms with Gasteiger partial charge in [-0.25, -0.2) is 4.79 Å². The van der Waals surface area contributed by atoms with Crippen LogP contribution in [0.25, 0.3) is 0 Å². The van der Waals surface area contributed by atoms with Crippen LogP contribution >= 0.6 is 0 Å². The van der Waals surface area contributed by atoms with Gasteiger partial charge < -0.3 is 4.74 Å². The number of esters is 1. The van der Waals surface area contributed by atoms with Gasteiger partial charge in [-0.3, -0.25) is 4.68 Å². The highest BCUT2D eigenvalue weighted by Gasteiger charge is 2.14. The van der Waals surface area contributed by atoms with Crippen molar-refractivity contribution in [1.29, 1.82) is 0 Å². The molecular weight excluding hydrogens is 240 g/mol. The maximum Gasteiger partial charge on any atom is 0.341 e. The Morgan fingerprint density at radius 1 is 1.26 bits per heavy atom. The highest BCUT2D eigenvalue weighted by atomic mass is 16.5. The summed E-state index contributed by atoms with van der Waals surface area (Å²) in [5.41, 5.74) is 3.76. The molecule has 1 aromatic heterocycles. The van der Waals surface area contributed by atoms with Crippen molar-refractivity contribution in [3.63, 3.8) is 0 Å². The second kappa shape index (κ2) is 5.69.